The maximum Gasteiger partial charge on any atom is 0.283 e. The molecule has 0 unspecified atom stereocenters. The fraction of sp³-hybridized carbons (Fsp3) is 0. The average molecular weight is 323 g/mol. The molecule has 0 bridgehead atoms. The zero-order valence-electron chi connectivity index (χ0n) is 6.66. The summed E-state index contributed by atoms with van der Waals surface area (Å²) in [5.74, 6) is -0.399. The first-order chi connectivity index (χ1) is 6.59. The van der Waals surface area contributed by atoms with Crippen LogP contribution in [0.4, 0.5) is 10.1 Å². The van der Waals surface area contributed by atoms with Gasteiger partial charge in [-0.2, -0.15) is 0 Å². The molecule has 0 aliphatic carbocycles. The SMILES string of the molecule is O=[N+]([O-])c1cc2c(F)csc2cc1I. The predicted molar refractivity (Wildman–Crippen MR) is 61.2 cm³/mol. The van der Waals surface area contributed by atoms with E-state index < -0.39 is 10.7 Å². The van der Waals surface area contributed by atoms with Gasteiger partial charge in [0.15, 0.2) is 0 Å². The van der Waals surface area contributed by atoms with E-state index in [4.69, 9.17) is 0 Å². The number of fused-ring (bicyclic) bond motifs is 1. The van der Waals surface area contributed by atoms with Gasteiger partial charge < -0.3 is 0 Å². The maximum atomic E-state index is 13.1. The third-order valence-electron chi connectivity index (χ3n) is 1.79. The Kier molecular flexibility index (Phi) is 2.40. The Morgan fingerprint density at radius 1 is 1.50 bits per heavy atom. The van der Waals surface area contributed by atoms with Crippen molar-refractivity contribution in [3.8, 4) is 0 Å². The molecule has 14 heavy (non-hydrogen) atoms. The third kappa shape index (κ3) is 1.48. The Morgan fingerprint density at radius 2 is 2.21 bits per heavy atom. The number of hydrogen-bond donors (Lipinski definition) is 0. The minimum Gasteiger partial charge on any atom is -0.258 e. The van der Waals surface area contributed by atoms with Gasteiger partial charge in [-0.05, 0) is 28.7 Å². The van der Waals surface area contributed by atoms with Crippen molar-refractivity contribution in [1.29, 1.82) is 0 Å². The second kappa shape index (κ2) is 3.43. The summed E-state index contributed by atoms with van der Waals surface area (Å²) in [6.07, 6.45) is 0. The summed E-state index contributed by atoms with van der Waals surface area (Å²) < 4.78 is 14.4. The highest BCUT2D eigenvalue weighted by Gasteiger charge is 2.15. The largest absolute Gasteiger partial charge is 0.283 e. The maximum absolute atomic E-state index is 13.1. The molecule has 1 aromatic carbocycles. The number of halogens is 2. The summed E-state index contributed by atoms with van der Waals surface area (Å²) in [5, 5.41) is 12.3. The second-order valence-electron chi connectivity index (χ2n) is 2.64. The summed E-state index contributed by atoms with van der Waals surface area (Å²) in [6, 6.07) is 2.91. The highest BCUT2D eigenvalue weighted by atomic mass is 127. The lowest BCUT2D eigenvalue weighted by atomic mass is 10.2. The lowest BCUT2D eigenvalue weighted by molar-refractivity contribution is -0.385. The molecule has 0 saturated carbocycles. The Morgan fingerprint density at radius 3 is 2.86 bits per heavy atom. The minimum atomic E-state index is -0.502. The molecule has 1 heterocycles. The first kappa shape index (κ1) is 9.78. The molecule has 0 amide bonds. The summed E-state index contributed by atoms with van der Waals surface area (Å²) in [5.41, 5.74) is -0.0459. The summed E-state index contributed by atoms with van der Waals surface area (Å²) >= 11 is 3.12. The van der Waals surface area contributed by atoms with Crippen LogP contribution in [0.3, 0.4) is 0 Å². The van der Waals surface area contributed by atoms with E-state index in [0.717, 1.165) is 4.70 Å². The van der Waals surface area contributed by atoms with Gasteiger partial charge in [-0.25, -0.2) is 4.39 Å². The van der Waals surface area contributed by atoms with E-state index in [2.05, 4.69) is 0 Å². The molecule has 0 aliphatic heterocycles. The van der Waals surface area contributed by atoms with Gasteiger partial charge in [0.05, 0.1) is 8.49 Å². The second-order valence-corrected chi connectivity index (χ2v) is 4.71. The van der Waals surface area contributed by atoms with Crippen LogP contribution in [0.2, 0.25) is 0 Å². The molecule has 6 heteroatoms. The third-order valence-corrected chi connectivity index (χ3v) is 3.57. The number of rotatable bonds is 1. The molecule has 0 atom stereocenters. The summed E-state index contributed by atoms with van der Waals surface area (Å²) in [7, 11) is 0. The normalized spacial score (nSPS) is 10.7. The summed E-state index contributed by atoms with van der Waals surface area (Å²) in [6.45, 7) is 0. The van der Waals surface area contributed by atoms with Crippen LogP contribution in [0.15, 0.2) is 17.5 Å². The van der Waals surface area contributed by atoms with Crippen molar-refractivity contribution in [3.63, 3.8) is 0 Å². The molecule has 0 spiro atoms. The van der Waals surface area contributed by atoms with Crippen LogP contribution >= 0.6 is 33.9 Å². The topological polar surface area (TPSA) is 43.1 Å². The Hall–Kier alpha value is -0.760. The van der Waals surface area contributed by atoms with Crippen LogP contribution in [0.25, 0.3) is 10.1 Å². The quantitative estimate of drug-likeness (QED) is 0.458. The average Bonchev–Trinajstić information content (AvgIpc) is 2.46. The first-order valence-corrected chi connectivity index (χ1v) is 5.56. The van der Waals surface area contributed by atoms with Crippen LogP contribution < -0.4 is 0 Å². The van der Waals surface area contributed by atoms with Crippen molar-refractivity contribution in [2.75, 3.05) is 0 Å². The molecular formula is C8H3FINO2S. The van der Waals surface area contributed by atoms with Gasteiger partial charge in [0.25, 0.3) is 5.69 Å². The number of nitro benzene ring substituents is 1. The lowest BCUT2D eigenvalue weighted by Gasteiger charge is -1.95. The zero-order chi connectivity index (χ0) is 10.3. The fourth-order valence-corrected chi connectivity index (χ4v) is 2.85. The number of thiophene rings is 1. The van der Waals surface area contributed by atoms with Crippen LogP contribution in [-0.4, -0.2) is 4.92 Å². The van der Waals surface area contributed by atoms with Crippen LogP contribution in [-0.2, 0) is 0 Å². The molecule has 72 valence electrons. The van der Waals surface area contributed by atoms with E-state index in [-0.39, 0.29) is 5.69 Å². The molecule has 0 radical (unpaired) electrons. The summed E-state index contributed by atoms with van der Waals surface area (Å²) in [4.78, 5) is 10.1. The number of nitro groups is 1. The molecule has 0 fully saturated rings. The van der Waals surface area contributed by atoms with Gasteiger partial charge in [0.1, 0.15) is 5.82 Å². The van der Waals surface area contributed by atoms with Gasteiger partial charge in [-0.15, -0.1) is 11.3 Å². The highest BCUT2D eigenvalue weighted by Crippen LogP contribution is 2.32. The number of benzene rings is 1. The number of hydrogen-bond acceptors (Lipinski definition) is 3. The molecular weight excluding hydrogens is 320 g/mol. The van der Waals surface area contributed by atoms with Gasteiger partial charge in [0, 0.05) is 21.5 Å². The van der Waals surface area contributed by atoms with E-state index in [1.807, 2.05) is 22.6 Å². The lowest BCUT2D eigenvalue weighted by Crippen LogP contribution is -1.90. The van der Waals surface area contributed by atoms with E-state index >= 15 is 0 Å². The Labute approximate surface area is 95.8 Å². The standard InChI is InChI=1S/C8H3FINO2S/c9-5-3-14-8-2-6(10)7(11(12)13)1-4(5)8/h1-3H. The molecule has 3 nitrogen and oxygen atoms in total. The van der Waals surface area contributed by atoms with Crippen LogP contribution in [0.1, 0.15) is 0 Å². The van der Waals surface area contributed by atoms with Crippen LogP contribution in [0, 0.1) is 19.5 Å². The van der Waals surface area contributed by atoms with Crippen molar-refractivity contribution >= 4 is 49.7 Å². The predicted octanol–water partition coefficient (Wildman–Crippen LogP) is 3.55. The van der Waals surface area contributed by atoms with Crippen molar-refractivity contribution in [3.05, 3.63) is 37.0 Å². The number of nitrogens with zero attached hydrogens (tertiary/aromatic N) is 1. The monoisotopic (exact) mass is 323 g/mol. The molecule has 0 saturated heterocycles. The minimum absolute atomic E-state index is 0.0459. The first-order valence-electron chi connectivity index (χ1n) is 3.60. The van der Waals surface area contributed by atoms with E-state index in [0.29, 0.717) is 8.96 Å². The van der Waals surface area contributed by atoms with Crippen LogP contribution in [0.5, 0.6) is 0 Å². The Balaban J connectivity index is 2.80. The van der Waals surface area contributed by atoms with Gasteiger partial charge >= 0.3 is 0 Å². The zero-order valence-corrected chi connectivity index (χ0v) is 9.63. The van der Waals surface area contributed by atoms with Crippen molar-refractivity contribution in [1.82, 2.24) is 0 Å². The smallest absolute Gasteiger partial charge is 0.258 e. The Bertz CT molecular complexity index is 525. The van der Waals surface area contributed by atoms with Crippen molar-refractivity contribution < 1.29 is 9.31 Å². The van der Waals surface area contributed by atoms with E-state index in [1.54, 1.807) is 6.07 Å². The van der Waals surface area contributed by atoms with Gasteiger partial charge in [-0.1, -0.05) is 0 Å². The van der Waals surface area contributed by atoms with Gasteiger partial charge in [-0.3, -0.25) is 10.1 Å². The molecule has 2 aromatic rings. The molecule has 1 aromatic heterocycles. The van der Waals surface area contributed by atoms with Crippen molar-refractivity contribution in [2.45, 2.75) is 0 Å². The molecule has 2 rings (SSSR count). The fourth-order valence-electron chi connectivity index (χ4n) is 1.15. The highest BCUT2D eigenvalue weighted by molar-refractivity contribution is 14.1. The molecule has 0 aliphatic rings. The van der Waals surface area contributed by atoms with Crippen molar-refractivity contribution in [2.24, 2.45) is 0 Å². The van der Waals surface area contributed by atoms with E-state index in [1.165, 1.54) is 22.8 Å². The molecule has 0 N–H and O–H groups in total. The van der Waals surface area contributed by atoms with Gasteiger partial charge in [0.2, 0.25) is 0 Å². The van der Waals surface area contributed by atoms with E-state index in [9.17, 15) is 14.5 Å².